The van der Waals surface area contributed by atoms with Crippen LogP contribution in [0.5, 0.6) is 0 Å². The van der Waals surface area contributed by atoms with Gasteiger partial charge in [0.2, 0.25) is 11.8 Å². The van der Waals surface area contributed by atoms with Crippen molar-refractivity contribution in [3.8, 4) is 11.3 Å². The Kier molecular flexibility index (Phi) is 5.35. The largest absolute Gasteiger partial charge is 0.312 e. The SMILES string of the molecule is O=C(Cc1ccc(N2CCCC2=O)cc1)Nc1nc(-c2cc(F)ccc2F)cs1. The number of hydrogen-bond acceptors (Lipinski definition) is 4. The standard InChI is InChI=1S/C21H17F2N3O2S/c22-14-5-8-17(23)16(11-14)18-12-29-21(24-18)25-19(27)10-13-3-6-15(7-4-13)26-9-1-2-20(26)28/h3-8,11-12H,1-2,9-10H2,(H,24,25,27). The van der Waals surface area contributed by atoms with Gasteiger partial charge in [-0.1, -0.05) is 12.1 Å². The number of aromatic nitrogens is 1. The molecule has 148 valence electrons. The van der Waals surface area contributed by atoms with E-state index in [-0.39, 0.29) is 29.5 Å². The van der Waals surface area contributed by atoms with Gasteiger partial charge in [0.1, 0.15) is 11.6 Å². The van der Waals surface area contributed by atoms with Crippen molar-refractivity contribution in [3.63, 3.8) is 0 Å². The molecular formula is C21H17F2N3O2S. The van der Waals surface area contributed by atoms with E-state index in [0.29, 0.717) is 11.6 Å². The molecule has 0 radical (unpaired) electrons. The first-order valence-corrected chi connectivity index (χ1v) is 9.98. The van der Waals surface area contributed by atoms with Crippen LogP contribution in [0.2, 0.25) is 0 Å². The van der Waals surface area contributed by atoms with E-state index in [1.165, 1.54) is 0 Å². The highest BCUT2D eigenvalue weighted by molar-refractivity contribution is 7.14. The van der Waals surface area contributed by atoms with Gasteiger partial charge in [-0.3, -0.25) is 9.59 Å². The highest BCUT2D eigenvalue weighted by atomic mass is 32.1. The second-order valence-electron chi connectivity index (χ2n) is 6.70. The molecule has 1 saturated heterocycles. The lowest BCUT2D eigenvalue weighted by Crippen LogP contribution is -2.23. The summed E-state index contributed by atoms with van der Waals surface area (Å²) in [6.45, 7) is 0.719. The predicted molar refractivity (Wildman–Crippen MR) is 108 cm³/mol. The van der Waals surface area contributed by atoms with E-state index in [9.17, 15) is 18.4 Å². The van der Waals surface area contributed by atoms with Crippen molar-refractivity contribution in [2.24, 2.45) is 0 Å². The summed E-state index contributed by atoms with van der Waals surface area (Å²) in [7, 11) is 0. The lowest BCUT2D eigenvalue weighted by molar-refractivity contribution is -0.117. The zero-order chi connectivity index (χ0) is 20.4. The lowest BCUT2D eigenvalue weighted by Gasteiger charge is -2.15. The van der Waals surface area contributed by atoms with E-state index in [1.54, 1.807) is 10.3 Å². The van der Waals surface area contributed by atoms with Crippen molar-refractivity contribution in [2.45, 2.75) is 19.3 Å². The molecule has 4 rings (SSSR count). The smallest absolute Gasteiger partial charge is 0.230 e. The maximum Gasteiger partial charge on any atom is 0.230 e. The van der Waals surface area contributed by atoms with Crippen LogP contribution in [0.4, 0.5) is 19.6 Å². The number of hydrogen-bond donors (Lipinski definition) is 1. The van der Waals surface area contributed by atoms with Gasteiger partial charge in [0.05, 0.1) is 12.1 Å². The van der Waals surface area contributed by atoms with Crippen molar-refractivity contribution in [1.29, 1.82) is 0 Å². The highest BCUT2D eigenvalue weighted by Gasteiger charge is 2.21. The van der Waals surface area contributed by atoms with Gasteiger partial charge in [0.25, 0.3) is 0 Å². The number of benzene rings is 2. The van der Waals surface area contributed by atoms with E-state index in [4.69, 9.17) is 0 Å². The minimum absolute atomic E-state index is 0.0498. The van der Waals surface area contributed by atoms with Crippen LogP contribution < -0.4 is 10.2 Å². The fraction of sp³-hybridized carbons (Fsp3) is 0.190. The molecule has 0 atom stereocenters. The van der Waals surface area contributed by atoms with E-state index in [1.807, 2.05) is 24.3 Å². The Bertz CT molecular complexity index is 1070. The van der Waals surface area contributed by atoms with Crippen molar-refractivity contribution >= 4 is 34.0 Å². The molecule has 29 heavy (non-hydrogen) atoms. The Morgan fingerprint density at radius 2 is 1.97 bits per heavy atom. The van der Waals surface area contributed by atoms with Crippen LogP contribution in [0.3, 0.4) is 0 Å². The van der Waals surface area contributed by atoms with E-state index >= 15 is 0 Å². The summed E-state index contributed by atoms with van der Waals surface area (Å²) in [5, 5.41) is 4.56. The number of carbonyl (C=O) groups excluding carboxylic acids is 2. The van der Waals surface area contributed by atoms with E-state index in [0.717, 1.165) is 53.8 Å². The normalized spacial score (nSPS) is 13.7. The lowest BCUT2D eigenvalue weighted by atomic mass is 10.1. The summed E-state index contributed by atoms with van der Waals surface area (Å²) in [6.07, 6.45) is 1.56. The Morgan fingerprint density at radius 3 is 2.69 bits per heavy atom. The molecule has 2 heterocycles. The van der Waals surface area contributed by atoms with Crippen molar-refractivity contribution in [1.82, 2.24) is 4.98 Å². The summed E-state index contributed by atoms with van der Waals surface area (Å²) in [5.41, 5.74) is 1.94. The quantitative estimate of drug-likeness (QED) is 0.675. The molecule has 0 aliphatic carbocycles. The maximum atomic E-state index is 13.9. The van der Waals surface area contributed by atoms with Crippen LogP contribution in [0.25, 0.3) is 11.3 Å². The number of nitrogens with one attached hydrogen (secondary N) is 1. The summed E-state index contributed by atoms with van der Waals surface area (Å²) in [5.74, 6) is -1.29. The number of carbonyl (C=O) groups is 2. The molecular weight excluding hydrogens is 396 g/mol. The third-order valence-electron chi connectivity index (χ3n) is 4.64. The summed E-state index contributed by atoms with van der Waals surface area (Å²) in [6, 6.07) is 10.5. The van der Waals surface area contributed by atoms with Crippen LogP contribution in [0.1, 0.15) is 18.4 Å². The topological polar surface area (TPSA) is 62.3 Å². The average molecular weight is 413 g/mol. The number of amides is 2. The van der Waals surface area contributed by atoms with E-state index in [2.05, 4.69) is 10.3 Å². The summed E-state index contributed by atoms with van der Waals surface area (Å²) < 4.78 is 27.2. The minimum Gasteiger partial charge on any atom is -0.312 e. The minimum atomic E-state index is -0.578. The summed E-state index contributed by atoms with van der Waals surface area (Å²) >= 11 is 1.14. The van der Waals surface area contributed by atoms with Crippen molar-refractivity contribution in [3.05, 3.63) is 65.0 Å². The number of rotatable bonds is 5. The molecule has 1 aliphatic rings. The van der Waals surface area contributed by atoms with Gasteiger partial charge in [-0.25, -0.2) is 13.8 Å². The average Bonchev–Trinajstić information content (AvgIpc) is 3.33. The van der Waals surface area contributed by atoms with Crippen molar-refractivity contribution < 1.29 is 18.4 Å². The number of thiazole rings is 1. The third kappa shape index (κ3) is 4.32. The molecule has 5 nitrogen and oxygen atoms in total. The van der Waals surface area contributed by atoms with Gasteiger partial charge in [-0.15, -0.1) is 11.3 Å². The van der Waals surface area contributed by atoms with Gasteiger partial charge in [-0.2, -0.15) is 0 Å². The van der Waals surface area contributed by atoms with Gasteiger partial charge in [0.15, 0.2) is 5.13 Å². The second kappa shape index (κ2) is 8.08. The molecule has 2 amide bonds. The van der Waals surface area contributed by atoms with Gasteiger partial charge >= 0.3 is 0 Å². The Labute approximate surface area is 170 Å². The predicted octanol–water partition coefficient (Wildman–Crippen LogP) is 4.40. The molecule has 3 aromatic rings. The Balaban J connectivity index is 1.39. The number of halogens is 2. The number of nitrogens with zero attached hydrogens (tertiary/aromatic N) is 2. The molecule has 2 aromatic carbocycles. The molecule has 0 spiro atoms. The molecule has 0 saturated carbocycles. The Hall–Kier alpha value is -3.13. The first kappa shape index (κ1) is 19.2. The molecule has 0 bridgehead atoms. The van der Waals surface area contributed by atoms with Gasteiger partial charge < -0.3 is 10.2 Å². The van der Waals surface area contributed by atoms with Gasteiger partial charge in [-0.05, 0) is 42.3 Å². The molecule has 0 unspecified atom stereocenters. The molecule has 8 heteroatoms. The van der Waals surface area contributed by atoms with Crippen LogP contribution in [-0.2, 0) is 16.0 Å². The molecule has 1 N–H and O–H groups in total. The zero-order valence-electron chi connectivity index (χ0n) is 15.3. The zero-order valence-corrected chi connectivity index (χ0v) is 16.1. The van der Waals surface area contributed by atoms with Crippen LogP contribution in [0.15, 0.2) is 47.8 Å². The van der Waals surface area contributed by atoms with Crippen LogP contribution in [-0.4, -0.2) is 23.3 Å². The highest BCUT2D eigenvalue weighted by Crippen LogP contribution is 2.28. The summed E-state index contributed by atoms with van der Waals surface area (Å²) in [4.78, 5) is 30.0. The fourth-order valence-electron chi connectivity index (χ4n) is 3.21. The van der Waals surface area contributed by atoms with E-state index < -0.39 is 11.6 Å². The maximum absolute atomic E-state index is 13.9. The van der Waals surface area contributed by atoms with Crippen molar-refractivity contribution in [2.75, 3.05) is 16.8 Å². The Morgan fingerprint density at radius 1 is 1.17 bits per heavy atom. The number of anilines is 2. The molecule has 1 aliphatic heterocycles. The molecule has 1 fully saturated rings. The monoisotopic (exact) mass is 413 g/mol. The first-order chi connectivity index (χ1) is 14.0. The fourth-order valence-corrected chi connectivity index (χ4v) is 3.94. The van der Waals surface area contributed by atoms with Crippen LogP contribution in [0, 0.1) is 11.6 Å². The second-order valence-corrected chi connectivity index (χ2v) is 7.56. The third-order valence-corrected chi connectivity index (χ3v) is 5.40. The molecule has 1 aromatic heterocycles. The van der Waals surface area contributed by atoms with Crippen LogP contribution >= 0.6 is 11.3 Å². The van der Waals surface area contributed by atoms with Gasteiger partial charge in [0, 0.05) is 29.6 Å². The first-order valence-electron chi connectivity index (χ1n) is 9.10.